The van der Waals surface area contributed by atoms with Crippen molar-refractivity contribution in [3.05, 3.63) is 28.8 Å². The van der Waals surface area contributed by atoms with Crippen molar-refractivity contribution < 1.29 is 9.53 Å². The molecule has 0 aliphatic heterocycles. The molecule has 1 saturated carbocycles. The molecule has 0 atom stereocenters. The first-order valence-electron chi connectivity index (χ1n) is 6.97. The summed E-state index contributed by atoms with van der Waals surface area (Å²) in [7, 11) is 1.70. The highest BCUT2D eigenvalue weighted by Crippen LogP contribution is 2.34. The summed E-state index contributed by atoms with van der Waals surface area (Å²) in [6, 6.07) is 5.30. The van der Waals surface area contributed by atoms with Crippen molar-refractivity contribution in [1.82, 2.24) is 5.32 Å². The maximum atomic E-state index is 12.3. The molecule has 20 heavy (non-hydrogen) atoms. The molecule has 0 saturated heterocycles. The van der Waals surface area contributed by atoms with Crippen LogP contribution in [0.5, 0.6) is 0 Å². The third kappa shape index (κ3) is 3.25. The van der Waals surface area contributed by atoms with E-state index in [4.69, 9.17) is 16.3 Å². The first-order valence-corrected chi connectivity index (χ1v) is 7.35. The molecule has 1 aromatic rings. The van der Waals surface area contributed by atoms with Gasteiger partial charge in [0.15, 0.2) is 0 Å². The fourth-order valence-corrected chi connectivity index (χ4v) is 2.58. The molecule has 0 heterocycles. The number of nitrogens with one attached hydrogen (secondary N) is 2. The summed E-state index contributed by atoms with van der Waals surface area (Å²) < 4.78 is 5.51. The Hall–Kier alpha value is -1.26. The van der Waals surface area contributed by atoms with Crippen LogP contribution in [0.3, 0.4) is 0 Å². The van der Waals surface area contributed by atoms with Gasteiger partial charge in [-0.3, -0.25) is 4.79 Å². The number of carbonyl (C=O) groups is 1. The van der Waals surface area contributed by atoms with E-state index >= 15 is 0 Å². The van der Waals surface area contributed by atoms with Crippen LogP contribution in [-0.4, -0.2) is 31.7 Å². The third-order valence-corrected chi connectivity index (χ3v) is 4.10. The van der Waals surface area contributed by atoms with Crippen molar-refractivity contribution in [2.45, 2.75) is 31.8 Å². The van der Waals surface area contributed by atoms with Gasteiger partial charge < -0.3 is 15.4 Å². The van der Waals surface area contributed by atoms with E-state index in [1.807, 2.05) is 13.0 Å². The van der Waals surface area contributed by atoms with E-state index in [1.165, 1.54) is 0 Å². The molecule has 1 amide bonds. The molecule has 110 valence electrons. The summed E-state index contributed by atoms with van der Waals surface area (Å²) in [6.07, 6.45) is 3.16. The average Bonchev–Trinajstić information content (AvgIpc) is 2.40. The summed E-state index contributed by atoms with van der Waals surface area (Å²) in [5.74, 6) is -0.119. The minimum Gasteiger partial charge on any atom is -0.385 e. The number of benzene rings is 1. The van der Waals surface area contributed by atoms with Crippen LogP contribution < -0.4 is 10.6 Å². The van der Waals surface area contributed by atoms with Gasteiger partial charge >= 0.3 is 0 Å². The van der Waals surface area contributed by atoms with E-state index in [2.05, 4.69) is 10.6 Å². The van der Waals surface area contributed by atoms with Crippen molar-refractivity contribution in [1.29, 1.82) is 0 Å². The lowest BCUT2D eigenvalue weighted by atomic mass is 9.80. The van der Waals surface area contributed by atoms with E-state index in [1.54, 1.807) is 19.2 Å². The second-order valence-electron chi connectivity index (χ2n) is 5.14. The maximum absolute atomic E-state index is 12.3. The first-order chi connectivity index (χ1) is 9.60. The number of amides is 1. The quantitative estimate of drug-likeness (QED) is 0.848. The van der Waals surface area contributed by atoms with Gasteiger partial charge in [0.2, 0.25) is 0 Å². The van der Waals surface area contributed by atoms with E-state index in [-0.39, 0.29) is 11.5 Å². The van der Waals surface area contributed by atoms with Crippen molar-refractivity contribution >= 4 is 23.2 Å². The molecular weight excluding hydrogens is 276 g/mol. The molecule has 0 spiro atoms. The molecule has 0 bridgehead atoms. The minimum atomic E-state index is -0.174. The van der Waals surface area contributed by atoms with Gasteiger partial charge in [0.05, 0.1) is 11.2 Å². The molecule has 1 aliphatic rings. The first kappa shape index (κ1) is 15.1. The number of halogens is 1. The highest BCUT2D eigenvalue weighted by atomic mass is 35.5. The Morgan fingerprint density at radius 3 is 2.75 bits per heavy atom. The topological polar surface area (TPSA) is 50.4 Å². The van der Waals surface area contributed by atoms with E-state index in [0.29, 0.717) is 17.1 Å². The summed E-state index contributed by atoms with van der Waals surface area (Å²) >= 11 is 5.98. The smallest absolute Gasteiger partial charge is 0.253 e. The Morgan fingerprint density at radius 2 is 2.20 bits per heavy atom. The van der Waals surface area contributed by atoms with Gasteiger partial charge in [-0.15, -0.1) is 0 Å². The maximum Gasteiger partial charge on any atom is 0.253 e. The summed E-state index contributed by atoms with van der Waals surface area (Å²) in [5, 5.41) is 6.69. The van der Waals surface area contributed by atoms with Crippen LogP contribution in [0.4, 0.5) is 5.69 Å². The van der Waals surface area contributed by atoms with Gasteiger partial charge in [0, 0.05) is 30.9 Å². The number of carbonyl (C=O) groups excluding carboxylic acids is 1. The van der Waals surface area contributed by atoms with Gasteiger partial charge in [-0.2, -0.15) is 0 Å². The molecule has 1 fully saturated rings. The zero-order valence-electron chi connectivity index (χ0n) is 12.0. The van der Waals surface area contributed by atoms with Crippen molar-refractivity contribution in [2.75, 3.05) is 25.5 Å². The number of methoxy groups -OCH3 is 1. The second-order valence-corrected chi connectivity index (χ2v) is 5.58. The number of hydrogen-bond acceptors (Lipinski definition) is 3. The standard InChI is InChI=1S/C15H21ClN2O2/c1-3-17-13-6-5-11(16)9-12(13)14(19)18-10-15(20-2)7-4-8-15/h5-6,9,17H,3-4,7-8,10H2,1-2H3,(H,18,19). The molecule has 0 aromatic heterocycles. The largest absolute Gasteiger partial charge is 0.385 e. The lowest BCUT2D eigenvalue weighted by Crippen LogP contribution is -2.49. The van der Waals surface area contributed by atoms with Gasteiger partial charge in [-0.25, -0.2) is 0 Å². The van der Waals surface area contributed by atoms with Crippen molar-refractivity contribution in [2.24, 2.45) is 0 Å². The predicted molar refractivity (Wildman–Crippen MR) is 81.5 cm³/mol. The minimum absolute atomic E-state index is 0.119. The molecule has 1 aliphatic carbocycles. The number of hydrogen-bond donors (Lipinski definition) is 2. The predicted octanol–water partition coefficient (Wildman–Crippen LogP) is 3.07. The normalized spacial score (nSPS) is 16.4. The Balaban J connectivity index is 2.06. The van der Waals surface area contributed by atoms with Gasteiger partial charge in [-0.05, 0) is 44.4 Å². The third-order valence-electron chi connectivity index (χ3n) is 3.86. The van der Waals surface area contributed by atoms with Crippen LogP contribution in [0, 0.1) is 0 Å². The van der Waals surface area contributed by atoms with Crippen LogP contribution in [0.25, 0.3) is 0 Å². The van der Waals surface area contributed by atoms with Crippen LogP contribution in [0.1, 0.15) is 36.5 Å². The van der Waals surface area contributed by atoms with E-state index in [0.717, 1.165) is 31.5 Å². The molecule has 0 unspecified atom stereocenters. The summed E-state index contributed by atoms with van der Waals surface area (Å²) in [6.45, 7) is 3.29. The summed E-state index contributed by atoms with van der Waals surface area (Å²) in [5.41, 5.74) is 1.20. The van der Waals surface area contributed by atoms with Gasteiger partial charge in [0.1, 0.15) is 0 Å². The second kappa shape index (κ2) is 6.46. The Labute approximate surface area is 124 Å². The number of rotatable bonds is 6. The lowest BCUT2D eigenvalue weighted by molar-refractivity contribution is -0.0679. The fraction of sp³-hybridized carbons (Fsp3) is 0.533. The molecule has 1 aromatic carbocycles. The molecule has 0 radical (unpaired) electrons. The highest BCUT2D eigenvalue weighted by Gasteiger charge is 2.37. The number of anilines is 1. The summed E-state index contributed by atoms with van der Waals surface area (Å²) in [4.78, 5) is 12.3. The Bertz CT molecular complexity index is 481. The number of ether oxygens (including phenoxy) is 1. The van der Waals surface area contributed by atoms with Crippen LogP contribution in [-0.2, 0) is 4.74 Å². The van der Waals surface area contributed by atoms with Crippen LogP contribution >= 0.6 is 11.6 Å². The Morgan fingerprint density at radius 1 is 1.45 bits per heavy atom. The van der Waals surface area contributed by atoms with E-state index < -0.39 is 0 Å². The molecule has 5 heteroatoms. The Kier molecular flexibility index (Phi) is 4.89. The van der Waals surface area contributed by atoms with E-state index in [9.17, 15) is 4.79 Å². The molecular formula is C15H21ClN2O2. The van der Waals surface area contributed by atoms with Crippen molar-refractivity contribution in [3.63, 3.8) is 0 Å². The zero-order chi connectivity index (χ0) is 14.6. The average molecular weight is 297 g/mol. The SMILES string of the molecule is CCNc1ccc(Cl)cc1C(=O)NCC1(OC)CCC1. The van der Waals surface area contributed by atoms with Gasteiger partial charge in [0.25, 0.3) is 5.91 Å². The monoisotopic (exact) mass is 296 g/mol. The molecule has 2 rings (SSSR count). The van der Waals surface area contributed by atoms with Crippen LogP contribution in [0.15, 0.2) is 18.2 Å². The molecule has 4 nitrogen and oxygen atoms in total. The highest BCUT2D eigenvalue weighted by molar-refractivity contribution is 6.31. The van der Waals surface area contributed by atoms with Crippen molar-refractivity contribution in [3.8, 4) is 0 Å². The van der Waals surface area contributed by atoms with Gasteiger partial charge in [-0.1, -0.05) is 11.6 Å². The lowest BCUT2D eigenvalue weighted by Gasteiger charge is -2.40. The molecule has 2 N–H and O–H groups in total. The van der Waals surface area contributed by atoms with Crippen LogP contribution in [0.2, 0.25) is 5.02 Å². The zero-order valence-corrected chi connectivity index (χ0v) is 12.7. The fourth-order valence-electron chi connectivity index (χ4n) is 2.41.